The Morgan fingerprint density at radius 2 is 2.06 bits per heavy atom. The molecule has 0 unspecified atom stereocenters. The van der Waals surface area contributed by atoms with Gasteiger partial charge in [0.05, 0.1) is 17.8 Å². The highest BCUT2D eigenvalue weighted by Crippen LogP contribution is 2.35. The number of aromatic nitrogens is 2. The molecule has 0 amide bonds. The summed E-state index contributed by atoms with van der Waals surface area (Å²) in [5.41, 5.74) is 5.72. The Bertz CT molecular complexity index is 1210. The van der Waals surface area contributed by atoms with Gasteiger partial charge in [0.2, 0.25) is 5.95 Å². The van der Waals surface area contributed by atoms with E-state index in [9.17, 15) is 0 Å². The van der Waals surface area contributed by atoms with Gasteiger partial charge in [0, 0.05) is 40.1 Å². The van der Waals surface area contributed by atoms with Gasteiger partial charge >= 0.3 is 0 Å². The Morgan fingerprint density at radius 3 is 2.77 bits per heavy atom. The topological polar surface area (TPSA) is 99.6 Å². The molecule has 4 rings (SSSR count). The van der Waals surface area contributed by atoms with Gasteiger partial charge in [-0.15, -0.1) is 0 Å². The molecule has 2 aromatic carbocycles. The third-order valence-corrected chi connectivity index (χ3v) is 5.80. The molecule has 3 aromatic rings. The molecule has 0 saturated heterocycles. The fourth-order valence-electron chi connectivity index (χ4n) is 3.79. The summed E-state index contributed by atoms with van der Waals surface area (Å²) in [5.74, 6) is 1.42. The zero-order chi connectivity index (χ0) is 25.4. The van der Waals surface area contributed by atoms with Gasteiger partial charge in [-0.3, -0.25) is 4.79 Å². The van der Waals surface area contributed by atoms with Gasteiger partial charge in [0.25, 0.3) is 6.47 Å². The molecule has 1 aliphatic heterocycles. The summed E-state index contributed by atoms with van der Waals surface area (Å²) in [6.07, 6.45) is 4.40. The molecular weight excluding hydrogens is 486 g/mol. The van der Waals surface area contributed by atoms with Crippen molar-refractivity contribution in [3.8, 4) is 17.0 Å². The van der Waals surface area contributed by atoms with E-state index in [0.717, 1.165) is 58.9 Å². The Morgan fingerprint density at radius 1 is 1.29 bits per heavy atom. The number of thiocarbonyl (C=S) groups is 1. The minimum atomic E-state index is -0.250. The van der Waals surface area contributed by atoms with E-state index in [-0.39, 0.29) is 6.47 Å². The molecule has 184 valence electrons. The van der Waals surface area contributed by atoms with Crippen LogP contribution in [0, 0.1) is 0 Å². The quantitative estimate of drug-likeness (QED) is 0.296. The lowest BCUT2D eigenvalue weighted by atomic mass is 10.1. The van der Waals surface area contributed by atoms with E-state index in [1.165, 1.54) is 0 Å². The number of nitrogens with one attached hydrogen (secondary N) is 2. The van der Waals surface area contributed by atoms with Crippen molar-refractivity contribution < 1.29 is 14.6 Å². The highest BCUT2D eigenvalue weighted by atomic mass is 35.5. The van der Waals surface area contributed by atoms with Crippen LogP contribution in [0.4, 0.5) is 17.3 Å². The highest BCUT2D eigenvalue weighted by Gasteiger charge is 2.20. The van der Waals surface area contributed by atoms with Crippen molar-refractivity contribution in [2.45, 2.75) is 19.3 Å². The highest BCUT2D eigenvalue weighted by molar-refractivity contribution is 7.80. The van der Waals surface area contributed by atoms with Crippen LogP contribution in [0.15, 0.2) is 42.6 Å². The Balaban J connectivity index is 0.00000108. The number of carboxylic acid groups (broad SMARTS) is 1. The number of fused-ring (bicyclic) bond motifs is 3. The van der Waals surface area contributed by atoms with E-state index in [2.05, 4.69) is 40.7 Å². The standard InChI is InChI=1S/C24H26ClN5OS.CH2O2/c1-30(2)10-4-5-15-11-18(7-9-21(15)31-3)27-24-26-14-16-12-22(32)28-20-13-17(25)6-8-19(20)23(16)29-24;2-1-3/h6-9,11,13-14H,4-5,10,12H2,1-3H3,(H,28,32)(H,26,27,29);1H,(H,2,3). The third-order valence-electron chi connectivity index (χ3n) is 5.31. The number of hydrogen-bond donors (Lipinski definition) is 3. The van der Waals surface area contributed by atoms with Crippen LogP contribution in [0.5, 0.6) is 5.75 Å². The second-order valence-corrected chi connectivity index (χ2v) is 9.08. The predicted octanol–water partition coefficient (Wildman–Crippen LogP) is 5.04. The van der Waals surface area contributed by atoms with Gasteiger partial charge in [-0.1, -0.05) is 23.8 Å². The van der Waals surface area contributed by atoms with Gasteiger partial charge < -0.3 is 25.4 Å². The lowest BCUT2D eigenvalue weighted by Crippen LogP contribution is -2.13. The average molecular weight is 514 g/mol. The van der Waals surface area contributed by atoms with Crippen molar-refractivity contribution in [3.63, 3.8) is 0 Å². The summed E-state index contributed by atoms with van der Waals surface area (Å²) in [7, 11) is 5.87. The molecule has 0 radical (unpaired) electrons. The molecule has 10 heteroatoms. The average Bonchev–Trinajstić information content (AvgIpc) is 2.94. The minimum absolute atomic E-state index is 0.250. The number of ether oxygens (including phenoxy) is 1. The second-order valence-electron chi connectivity index (χ2n) is 8.15. The Kier molecular flexibility index (Phi) is 9.36. The number of benzene rings is 2. The summed E-state index contributed by atoms with van der Waals surface area (Å²) in [4.78, 5) is 20.6. The molecule has 8 nitrogen and oxygen atoms in total. The van der Waals surface area contributed by atoms with Crippen LogP contribution in [0.25, 0.3) is 11.3 Å². The second kappa shape index (κ2) is 12.4. The molecule has 0 saturated carbocycles. The lowest BCUT2D eigenvalue weighted by molar-refractivity contribution is -0.122. The van der Waals surface area contributed by atoms with E-state index in [1.54, 1.807) is 7.11 Å². The van der Waals surface area contributed by atoms with Gasteiger partial charge in [0.1, 0.15) is 5.75 Å². The van der Waals surface area contributed by atoms with Crippen molar-refractivity contribution in [1.29, 1.82) is 0 Å². The van der Waals surface area contributed by atoms with Gasteiger partial charge in [-0.05, 0) is 75.4 Å². The molecular formula is C25H28ClN5O3S. The van der Waals surface area contributed by atoms with Crippen LogP contribution >= 0.6 is 23.8 Å². The number of aryl methyl sites for hydroxylation is 1. The maximum atomic E-state index is 8.36. The van der Waals surface area contributed by atoms with Crippen molar-refractivity contribution >= 4 is 52.6 Å². The van der Waals surface area contributed by atoms with E-state index >= 15 is 0 Å². The zero-order valence-corrected chi connectivity index (χ0v) is 21.4. The normalized spacial score (nSPS) is 11.9. The van der Waals surface area contributed by atoms with Crippen molar-refractivity contribution in [3.05, 3.63) is 58.7 Å². The number of halogens is 1. The van der Waals surface area contributed by atoms with Crippen LogP contribution in [-0.4, -0.2) is 59.2 Å². The fraction of sp³-hybridized carbons (Fsp3) is 0.280. The maximum absolute atomic E-state index is 8.36. The lowest BCUT2D eigenvalue weighted by Gasteiger charge is -2.14. The Hall–Kier alpha value is -3.27. The van der Waals surface area contributed by atoms with Crippen molar-refractivity contribution in [1.82, 2.24) is 14.9 Å². The maximum Gasteiger partial charge on any atom is 0.290 e. The third kappa shape index (κ3) is 7.11. The van der Waals surface area contributed by atoms with Crippen LogP contribution in [0.1, 0.15) is 17.5 Å². The molecule has 0 aliphatic carbocycles. The molecule has 0 spiro atoms. The van der Waals surface area contributed by atoms with Gasteiger partial charge in [-0.2, -0.15) is 0 Å². The van der Waals surface area contributed by atoms with Crippen LogP contribution < -0.4 is 15.4 Å². The Labute approximate surface area is 215 Å². The first-order chi connectivity index (χ1) is 16.8. The number of methoxy groups -OCH3 is 1. The number of nitrogens with zero attached hydrogens (tertiary/aromatic N) is 3. The van der Waals surface area contributed by atoms with Gasteiger partial charge in [0.15, 0.2) is 0 Å². The summed E-state index contributed by atoms with van der Waals surface area (Å²) >= 11 is 11.7. The zero-order valence-electron chi connectivity index (χ0n) is 19.8. The SMILES string of the molecule is COc1ccc(Nc2ncc3c(n2)-c2ccc(Cl)cc2NC(=S)C3)cc1CCCN(C)C.O=CO. The van der Waals surface area contributed by atoms with E-state index in [4.69, 9.17) is 43.4 Å². The molecule has 2 heterocycles. The fourth-order valence-corrected chi connectivity index (χ4v) is 4.23. The summed E-state index contributed by atoms with van der Waals surface area (Å²) in [5, 5.41) is 14.2. The van der Waals surface area contributed by atoms with Crippen molar-refractivity contribution in [2.75, 3.05) is 38.4 Å². The molecule has 0 bridgehead atoms. The number of anilines is 3. The van der Waals surface area contributed by atoms with E-state index in [1.807, 2.05) is 36.5 Å². The molecule has 0 atom stereocenters. The smallest absolute Gasteiger partial charge is 0.290 e. The summed E-state index contributed by atoms with van der Waals surface area (Å²) < 4.78 is 5.55. The first kappa shape index (κ1) is 26.3. The molecule has 1 aromatic heterocycles. The van der Waals surface area contributed by atoms with E-state index < -0.39 is 0 Å². The molecule has 1 aliphatic rings. The number of carbonyl (C=O) groups is 1. The van der Waals surface area contributed by atoms with Crippen LogP contribution in [-0.2, 0) is 17.6 Å². The van der Waals surface area contributed by atoms with Crippen LogP contribution in [0.2, 0.25) is 5.02 Å². The number of hydrogen-bond acceptors (Lipinski definition) is 7. The minimum Gasteiger partial charge on any atom is -0.496 e. The monoisotopic (exact) mass is 513 g/mol. The summed E-state index contributed by atoms with van der Waals surface area (Å²) in [6, 6.07) is 11.8. The first-order valence-corrected chi connectivity index (χ1v) is 11.8. The van der Waals surface area contributed by atoms with Gasteiger partial charge in [-0.25, -0.2) is 9.97 Å². The molecule has 0 fully saturated rings. The van der Waals surface area contributed by atoms with E-state index in [0.29, 0.717) is 22.4 Å². The summed E-state index contributed by atoms with van der Waals surface area (Å²) in [6.45, 7) is 0.772. The predicted molar refractivity (Wildman–Crippen MR) is 144 cm³/mol. The molecule has 3 N–H and O–H groups in total. The number of rotatable bonds is 7. The van der Waals surface area contributed by atoms with Crippen molar-refractivity contribution in [2.24, 2.45) is 0 Å². The largest absolute Gasteiger partial charge is 0.496 e. The van der Waals surface area contributed by atoms with Crippen LogP contribution in [0.3, 0.4) is 0 Å². The molecule has 35 heavy (non-hydrogen) atoms. The first-order valence-electron chi connectivity index (χ1n) is 11.0.